The molecule has 2 heterocycles. The van der Waals surface area contributed by atoms with Crippen LogP contribution >= 0.6 is 0 Å². The number of allylic oxidation sites excluding steroid dienone is 2. The molecule has 0 N–H and O–H groups in total. The fraction of sp³-hybridized carbons (Fsp3) is 0.609. The Bertz CT molecular complexity index is 742. The van der Waals surface area contributed by atoms with Crippen molar-refractivity contribution >= 4 is 17.8 Å². The molecule has 6 heteroatoms. The number of nitrogens with zero attached hydrogens (tertiary/aromatic N) is 2. The molecule has 0 bridgehead atoms. The van der Waals surface area contributed by atoms with Crippen LogP contribution < -0.4 is 0 Å². The minimum Gasteiger partial charge on any atom is -0.458 e. The van der Waals surface area contributed by atoms with Gasteiger partial charge in [0, 0.05) is 18.7 Å². The molecule has 0 aromatic carbocycles. The number of rotatable bonds is 6. The average Bonchev–Trinajstić information content (AvgIpc) is 3.18. The van der Waals surface area contributed by atoms with E-state index in [-0.39, 0.29) is 23.7 Å². The molecule has 0 aromatic rings. The van der Waals surface area contributed by atoms with Gasteiger partial charge in [-0.25, -0.2) is 4.79 Å². The second kappa shape index (κ2) is 8.97. The Morgan fingerprint density at radius 2 is 1.93 bits per heavy atom. The van der Waals surface area contributed by atoms with E-state index in [9.17, 15) is 14.4 Å². The number of carbonyl (C=O) groups is 3. The Hall–Kier alpha value is -2.37. The van der Waals surface area contributed by atoms with Crippen molar-refractivity contribution in [2.45, 2.75) is 72.1 Å². The Balaban J connectivity index is 2.24. The van der Waals surface area contributed by atoms with Crippen molar-refractivity contribution in [3.05, 3.63) is 36.0 Å². The summed E-state index contributed by atoms with van der Waals surface area (Å²) in [5.74, 6) is -0.784. The third-order valence-corrected chi connectivity index (χ3v) is 5.19. The maximum atomic E-state index is 13.5. The molecule has 2 atom stereocenters. The van der Waals surface area contributed by atoms with Crippen molar-refractivity contribution in [2.75, 3.05) is 13.1 Å². The monoisotopic (exact) mass is 402 g/mol. The van der Waals surface area contributed by atoms with Crippen LogP contribution in [0.2, 0.25) is 0 Å². The second-order valence-electron chi connectivity index (χ2n) is 9.13. The average molecular weight is 403 g/mol. The highest BCUT2D eigenvalue weighted by atomic mass is 16.6. The van der Waals surface area contributed by atoms with E-state index in [0.29, 0.717) is 25.1 Å². The number of esters is 1. The first-order chi connectivity index (χ1) is 13.5. The zero-order valence-electron chi connectivity index (χ0n) is 18.5. The molecule has 2 amide bonds. The van der Waals surface area contributed by atoms with Crippen LogP contribution in [-0.4, -0.2) is 58.4 Å². The van der Waals surface area contributed by atoms with Gasteiger partial charge in [-0.1, -0.05) is 32.6 Å². The Morgan fingerprint density at radius 3 is 2.48 bits per heavy atom. The van der Waals surface area contributed by atoms with Crippen LogP contribution in [-0.2, 0) is 19.1 Å². The number of amides is 2. The van der Waals surface area contributed by atoms with E-state index in [1.807, 2.05) is 41.5 Å². The highest BCUT2D eigenvalue weighted by Gasteiger charge is 2.44. The third-order valence-electron chi connectivity index (χ3n) is 5.19. The van der Waals surface area contributed by atoms with Crippen LogP contribution in [0.3, 0.4) is 0 Å². The van der Waals surface area contributed by atoms with Crippen LogP contribution in [0, 0.1) is 5.92 Å². The summed E-state index contributed by atoms with van der Waals surface area (Å²) in [6, 6.07) is -1.20. The molecule has 6 nitrogen and oxygen atoms in total. The highest BCUT2D eigenvalue weighted by Crippen LogP contribution is 2.29. The van der Waals surface area contributed by atoms with Gasteiger partial charge in [-0.3, -0.25) is 9.59 Å². The van der Waals surface area contributed by atoms with Crippen molar-refractivity contribution < 1.29 is 19.1 Å². The lowest BCUT2D eigenvalue weighted by molar-refractivity contribution is -0.164. The highest BCUT2D eigenvalue weighted by molar-refractivity contribution is 6.02. The van der Waals surface area contributed by atoms with Gasteiger partial charge in [0.25, 0.3) is 5.91 Å². The van der Waals surface area contributed by atoms with Gasteiger partial charge in [-0.05, 0) is 58.1 Å². The lowest BCUT2D eigenvalue weighted by Crippen LogP contribution is -2.55. The Kier molecular flexibility index (Phi) is 7.09. The summed E-state index contributed by atoms with van der Waals surface area (Å²) in [5, 5.41) is 0. The first-order valence-corrected chi connectivity index (χ1v) is 10.3. The normalized spacial score (nSPS) is 21.5. The van der Waals surface area contributed by atoms with Gasteiger partial charge in [0.1, 0.15) is 17.7 Å². The van der Waals surface area contributed by atoms with Crippen LogP contribution in [0.15, 0.2) is 36.0 Å². The lowest BCUT2D eigenvalue weighted by Gasteiger charge is -2.35. The molecule has 2 unspecified atom stereocenters. The van der Waals surface area contributed by atoms with Gasteiger partial charge in [-0.15, -0.1) is 0 Å². The minimum absolute atomic E-state index is 0.0816. The van der Waals surface area contributed by atoms with Crippen molar-refractivity contribution in [3.63, 3.8) is 0 Å². The summed E-state index contributed by atoms with van der Waals surface area (Å²) in [6.45, 7) is 15.8. The minimum atomic E-state index is -0.616. The summed E-state index contributed by atoms with van der Waals surface area (Å²) < 4.78 is 5.53. The van der Waals surface area contributed by atoms with Crippen molar-refractivity contribution in [1.82, 2.24) is 9.80 Å². The van der Waals surface area contributed by atoms with Gasteiger partial charge in [0.2, 0.25) is 5.91 Å². The van der Waals surface area contributed by atoms with Gasteiger partial charge < -0.3 is 14.5 Å². The Labute approximate surface area is 174 Å². The molecule has 0 saturated carbocycles. The predicted molar refractivity (Wildman–Crippen MR) is 113 cm³/mol. The molecular formula is C23H34N2O4. The second-order valence-corrected chi connectivity index (χ2v) is 9.13. The van der Waals surface area contributed by atoms with Crippen molar-refractivity contribution in [2.24, 2.45) is 5.92 Å². The van der Waals surface area contributed by atoms with Gasteiger partial charge in [-0.2, -0.15) is 0 Å². The van der Waals surface area contributed by atoms with E-state index in [0.717, 1.165) is 12.0 Å². The molecule has 1 fully saturated rings. The lowest BCUT2D eigenvalue weighted by atomic mass is 10.00. The molecule has 1 saturated heterocycles. The summed E-state index contributed by atoms with van der Waals surface area (Å²) >= 11 is 0. The molecular weight excluding hydrogens is 368 g/mol. The summed E-state index contributed by atoms with van der Waals surface area (Å²) in [7, 11) is 0. The number of hydrogen-bond acceptors (Lipinski definition) is 4. The largest absolute Gasteiger partial charge is 0.458 e. The number of hydrogen-bond donors (Lipinski definition) is 0. The molecule has 0 aromatic heterocycles. The van der Waals surface area contributed by atoms with E-state index in [4.69, 9.17) is 4.74 Å². The summed E-state index contributed by atoms with van der Waals surface area (Å²) in [6.07, 6.45) is 6.43. The predicted octanol–water partition coefficient (Wildman–Crippen LogP) is 3.24. The van der Waals surface area contributed by atoms with E-state index in [2.05, 4.69) is 6.58 Å². The molecule has 0 aliphatic carbocycles. The molecule has 29 heavy (non-hydrogen) atoms. The third kappa shape index (κ3) is 5.17. The van der Waals surface area contributed by atoms with Crippen LogP contribution in [0.25, 0.3) is 0 Å². The quantitative estimate of drug-likeness (QED) is 0.505. The van der Waals surface area contributed by atoms with Gasteiger partial charge >= 0.3 is 5.97 Å². The smallest absolute Gasteiger partial charge is 0.329 e. The SMILES string of the molecule is C=C/C=C\C1=C(C)CN(C(C(=O)N2CCCC2C(=O)OC(C)(C)C)C(C)C)C1=O. The fourth-order valence-corrected chi connectivity index (χ4v) is 3.95. The Morgan fingerprint density at radius 1 is 1.28 bits per heavy atom. The maximum absolute atomic E-state index is 13.5. The van der Waals surface area contributed by atoms with Gasteiger partial charge in [0.15, 0.2) is 0 Å². The number of carbonyl (C=O) groups excluding carboxylic acids is 3. The van der Waals surface area contributed by atoms with Crippen molar-refractivity contribution in [1.29, 1.82) is 0 Å². The molecule has 2 rings (SSSR count). The zero-order valence-corrected chi connectivity index (χ0v) is 18.5. The zero-order chi connectivity index (χ0) is 21.9. The molecule has 160 valence electrons. The van der Waals surface area contributed by atoms with Crippen molar-refractivity contribution in [3.8, 4) is 0 Å². The van der Waals surface area contributed by atoms with Gasteiger partial charge in [0.05, 0.1) is 0 Å². The first kappa shape index (κ1) is 22.9. The van der Waals surface area contributed by atoms with E-state index in [1.165, 1.54) is 0 Å². The molecule has 0 radical (unpaired) electrons. The van der Waals surface area contributed by atoms with E-state index < -0.39 is 17.7 Å². The molecule has 0 spiro atoms. The summed E-state index contributed by atoms with van der Waals surface area (Å²) in [4.78, 5) is 42.4. The van der Waals surface area contributed by atoms with Crippen LogP contribution in [0.4, 0.5) is 0 Å². The maximum Gasteiger partial charge on any atom is 0.329 e. The molecule has 2 aliphatic rings. The fourth-order valence-electron chi connectivity index (χ4n) is 3.95. The summed E-state index contributed by atoms with van der Waals surface area (Å²) in [5.41, 5.74) is 0.926. The standard InChI is InChI=1S/C23H34N2O4/c1-8-9-11-17-16(4)14-25(20(17)26)19(15(2)3)21(27)24-13-10-12-18(24)22(28)29-23(5,6)7/h8-9,11,15,18-19H,1,10,12-14H2,2-7H3/b11-9-. The first-order valence-electron chi connectivity index (χ1n) is 10.3. The number of likely N-dealkylation sites (tertiary alicyclic amines) is 1. The van der Waals surface area contributed by atoms with Crippen LogP contribution in [0.1, 0.15) is 54.4 Å². The van der Waals surface area contributed by atoms with E-state index >= 15 is 0 Å². The topological polar surface area (TPSA) is 66.9 Å². The number of ether oxygens (including phenoxy) is 1. The molecule has 2 aliphatic heterocycles. The van der Waals surface area contributed by atoms with E-state index in [1.54, 1.807) is 28.0 Å². The van der Waals surface area contributed by atoms with Crippen LogP contribution in [0.5, 0.6) is 0 Å².